The van der Waals surface area contributed by atoms with Crippen LogP contribution in [0.3, 0.4) is 0 Å². The number of carbonyl (C=O) groups is 1. The molecule has 3 N–H and O–H groups in total. The SMILES string of the molecule is CCc1cccc(CC)c1-c1cc(Oc2ccc(C(N)=O)c(O)c2)c(CN2CC(C)CC(C)C2)c(C)n1. The average molecular weight is 502 g/mol. The molecule has 37 heavy (non-hydrogen) atoms. The minimum atomic E-state index is -0.677. The number of pyridine rings is 1. The topological polar surface area (TPSA) is 88.7 Å². The summed E-state index contributed by atoms with van der Waals surface area (Å²) < 4.78 is 6.43. The summed E-state index contributed by atoms with van der Waals surface area (Å²) in [5, 5.41) is 10.4. The molecule has 0 bridgehead atoms. The van der Waals surface area contributed by atoms with Crippen LogP contribution in [0.15, 0.2) is 42.5 Å². The molecule has 2 atom stereocenters. The summed E-state index contributed by atoms with van der Waals surface area (Å²) >= 11 is 0. The van der Waals surface area contributed by atoms with Crippen molar-refractivity contribution < 1.29 is 14.6 Å². The van der Waals surface area contributed by atoms with Crippen molar-refractivity contribution in [2.24, 2.45) is 17.6 Å². The Morgan fingerprint density at radius 1 is 1.08 bits per heavy atom. The number of hydrogen-bond acceptors (Lipinski definition) is 5. The number of carbonyl (C=O) groups excluding carboxylic acids is 1. The molecule has 6 nitrogen and oxygen atoms in total. The first kappa shape index (κ1) is 26.7. The number of nitrogens with two attached hydrogens (primary N) is 1. The molecule has 0 spiro atoms. The first-order valence-electron chi connectivity index (χ1n) is 13.3. The van der Waals surface area contributed by atoms with Crippen LogP contribution in [0, 0.1) is 18.8 Å². The van der Waals surface area contributed by atoms with Gasteiger partial charge in [0.2, 0.25) is 0 Å². The van der Waals surface area contributed by atoms with Gasteiger partial charge in [-0.3, -0.25) is 14.7 Å². The summed E-state index contributed by atoms with van der Waals surface area (Å²) in [5.74, 6) is 1.57. The van der Waals surface area contributed by atoms with Crippen LogP contribution in [0.4, 0.5) is 0 Å². The van der Waals surface area contributed by atoms with Gasteiger partial charge in [-0.2, -0.15) is 0 Å². The molecule has 2 aromatic carbocycles. The van der Waals surface area contributed by atoms with Crippen molar-refractivity contribution in [2.45, 2.75) is 60.4 Å². The van der Waals surface area contributed by atoms with Crippen molar-refractivity contribution in [3.8, 4) is 28.5 Å². The van der Waals surface area contributed by atoms with Crippen molar-refractivity contribution in [2.75, 3.05) is 13.1 Å². The number of ether oxygens (including phenoxy) is 1. The first-order chi connectivity index (χ1) is 17.7. The van der Waals surface area contributed by atoms with Crippen LogP contribution in [0.2, 0.25) is 0 Å². The summed E-state index contributed by atoms with van der Waals surface area (Å²) in [5.41, 5.74) is 12.0. The summed E-state index contributed by atoms with van der Waals surface area (Å²) in [4.78, 5) is 19.2. The number of rotatable bonds is 8. The summed E-state index contributed by atoms with van der Waals surface area (Å²) in [6.07, 6.45) is 3.07. The molecule has 4 rings (SSSR count). The number of piperidine rings is 1. The third-order valence-electron chi connectivity index (χ3n) is 7.33. The molecular weight excluding hydrogens is 462 g/mol. The van der Waals surface area contributed by atoms with Gasteiger partial charge < -0.3 is 15.6 Å². The second-order valence-corrected chi connectivity index (χ2v) is 10.5. The molecule has 1 amide bonds. The van der Waals surface area contributed by atoms with Crippen molar-refractivity contribution in [3.63, 3.8) is 0 Å². The quantitative estimate of drug-likeness (QED) is 0.380. The normalized spacial score (nSPS) is 18.1. The fourth-order valence-corrected chi connectivity index (χ4v) is 5.71. The van der Waals surface area contributed by atoms with Crippen LogP contribution >= 0.6 is 0 Å². The Kier molecular flexibility index (Phi) is 8.18. The van der Waals surface area contributed by atoms with E-state index in [1.54, 1.807) is 6.07 Å². The van der Waals surface area contributed by atoms with E-state index in [9.17, 15) is 9.90 Å². The van der Waals surface area contributed by atoms with Gasteiger partial charge in [-0.1, -0.05) is 45.9 Å². The molecule has 196 valence electrons. The minimum absolute atomic E-state index is 0.0694. The van der Waals surface area contributed by atoms with Gasteiger partial charge in [-0.15, -0.1) is 0 Å². The Labute approximate surface area is 220 Å². The van der Waals surface area contributed by atoms with E-state index in [0.717, 1.165) is 49.4 Å². The molecule has 1 aromatic heterocycles. The standard InChI is InChI=1S/C31H39N3O3/c1-6-22-9-8-10-23(7-2)30(22)27-15-29(37-24-11-12-25(31(32)36)28(35)14-24)26(21(5)33-27)18-34-16-19(3)13-20(4)17-34/h8-12,14-15,19-20,35H,6-7,13,16-18H2,1-5H3,(H2,32,36). The Hall–Kier alpha value is -3.38. The van der Waals surface area contributed by atoms with Gasteiger partial charge in [0, 0.05) is 48.6 Å². The molecule has 0 aliphatic carbocycles. The predicted octanol–water partition coefficient (Wildman–Crippen LogP) is 6.26. The minimum Gasteiger partial charge on any atom is -0.507 e. The lowest BCUT2D eigenvalue weighted by atomic mass is 9.91. The Bertz CT molecular complexity index is 1250. The lowest BCUT2D eigenvalue weighted by Crippen LogP contribution is -2.38. The highest BCUT2D eigenvalue weighted by Gasteiger charge is 2.25. The molecule has 3 aromatic rings. The highest BCUT2D eigenvalue weighted by molar-refractivity contribution is 5.95. The molecule has 2 heterocycles. The zero-order chi connectivity index (χ0) is 26.7. The second-order valence-electron chi connectivity index (χ2n) is 10.5. The van der Waals surface area contributed by atoms with Crippen LogP contribution in [0.5, 0.6) is 17.2 Å². The highest BCUT2D eigenvalue weighted by atomic mass is 16.5. The predicted molar refractivity (Wildman–Crippen MR) is 148 cm³/mol. The summed E-state index contributed by atoms with van der Waals surface area (Å²) in [6, 6.07) is 13.1. The Morgan fingerprint density at radius 3 is 2.30 bits per heavy atom. The fraction of sp³-hybridized carbons (Fsp3) is 0.419. The van der Waals surface area contributed by atoms with Gasteiger partial charge >= 0.3 is 0 Å². The number of benzene rings is 2. The maximum atomic E-state index is 11.6. The molecule has 0 radical (unpaired) electrons. The maximum absolute atomic E-state index is 11.6. The largest absolute Gasteiger partial charge is 0.507 e. The zero-order valence-electron chi connectivity index (χ0n) is 22.7. The van der Waals surface area contributed by atoms with Crippen molar-refractivity contribution in [1.29, 1.82) is 0 Å². The molecule has 6 heteroatoms. The molecule has 1 fully saturated rings. The summed E-state index contributed by atoms with van der Waals surface area (Å²) in [7, 11) is 0. The second kappa shape index (κ2) is 11.3. The van der Waals surface area contributed by atoms with Gasteiger partial charge in [0.15, 0.2) is 0 Å². The number of likely N-dealkylation sites (tertiary alicyclic amines) is 1. The average Bonchev–Trinajstić information content (AvgIpc) is 2.84. The van der Waals surface area contributed by atoms with Crippen LogP contribution in [0.1, 0.15) is 66.9 Å². The number of aryl methyl sites for hydroxylation is 3. The first-order valence-corrected chi connectivity index (χ1v) is 13.3. The highest BCUT2D eigenvalue weighted by Crippen LogP contribution is 2.37. The van der Waals surface area contributed by atoms with E-state index in [4.69, 9.17) is 15.5 Å². The maximum Gasteiger partial charge on any atom is 0.252 e. The number of phenols is 1. The monoisotopic (exact) mass is 501 g/mol. The van der Waals surface area contributed by atoms with Gasteiger partial charge in [0.05, 0.1) is 11.3 Å². The number of hydrogen-bond donors (Lipinski definition) is 2. The lowest BCUT2D eigenvalue weighted by Gasteiger charge is -2.35. The van der Waals surface area contributed by atoms with Crippen molar-refractivity contribution >= 4 is 5.91 Å². The third kappa shape index (κ3) is 5.96. The number of amides is 1. The molecular formula is C31H39N3O3. The van der Waals surface area contributed by atoms with Crippen LogP contribution < -0.4 is 10.5 Å². The van der Waals surface area contributed by atoms with Crippen LogP contribution in [0.25, 0.3) is 11.3 Å². The molecule has 2 unspecified atom stereocenters. The third-order valence-corrected chi connectivity index (χ3v) is 7.33. The fourth-order valence-electron chi connectivity index (χ4n) is 5.71. The van der Waals surface area contributed by atoms with E-state index in [2.05, 4.69) is 57.7 Å². The number of aromatic hydroxyl groups is 1. The van der Waals surface area contributed by atoms with E-state index in [1.807, 2.05) is 6.07 Å². The summed E-state index contributed by atoms with van der Waals surface area (Å²) in [6.45, 7) is 13.8. The lowest BCUT2D eigenvalue weighted by molar-refractivity contribution is 0.0997. The van der Waals surface area contributed by atoms with E-state index >= 15 is 0 Å². The van der Waals surface area contributed by atoms with Gasteiger partial charge in [0.25, 0.3) is 5.91 Å². The Balaban J connectivity index is 1.81. The van der Waals surface area contributed by atoms with E-state index in [-0.39, 0.29) is 11.3 Å². The molecule has 1 aliphatic heterocycles. The van der Waals surface area contributed by atoms with E-state index < -0.39 is 5.91 Å². The van der Waals surface area contributed by atoms with E-state index in [0.29, 0.717) is 23.3 Å². The van der Waals surface area contributed by atoms with E-state index in [1.165, 1.54) is 35.2 Å². The number of aromatic nitrogens is 1. The van der Waals surface area contributed by atoms with Crippen molar-refractivity contribution in [3.05, 3.63) is 70.4 Å². The van der Waals surface area contributed by atoms with Gasteiger partial charge in [-0.25, -0.2) is 0 Å². The van der Waals surface area contributed by atoms with Crippen LogP contribution in [-0.2, 0) is 19.4 Å². The molecule has 1 saturated heterocycles. The van der Waals surface area contributed by atoms with Crippen molar-refractivity contribution in [1.82, 2.24) is 9.88 Å². The molecule has 0 saturated carbocycles. The smallest absolute Gasteiger partial charge is 0.252 e. The Morgan fingerprint density at radius 2 is 1.73 bits per heavy atom. The number of primary amides is 1. The van der Waals surface area contributed by atoms with Crippen LogP contribution in [-0.4, -0.2) is 34.0 Å². The zero-order valence-corrected chi connectivity index (χ0v) is 22.7. The molecule has 1 aliphatic rings. The van der Waals surface area contributed by atoms with Gasteiger partial charge in [-0.05, 0) is 61.3 Å². The van der Waals surface area contributed by atoms with Gasteiger partial charge in [0.1, 0.15) is 17.2 Å². The number of nitrogens with zero attached hydrogens (tertiary/aromatic N) is 2.